The van der Waals surface area contributed by atoms with Gasteiger partial charge in [-0.05, 0) is 44.5 Å². The molecular formula is C15H22O4S. The van der Waals surface area contributed by atoms with Crippen LogP contribution < -0.4 is 4.74 Å². The molecule has 0 saturated heterocycles. The van der Waals surface area contributed by atoms with Gasteiger partial charge in [-0.25, -0.2) is 4.79 Å². The lowest BCUT2D eigenvalue weighted by atomic mass is 10.2. The zero-order valence-electron chi connectivity index (χ0n) is 12.2. The second-order valence-corrected chi connectivity index (χ2v) is 5.65. The number of aliphatic hydroxyl groups is 1. The van der Waals surface area contributed by atoms with Crippen LogP contribution in [0.5, 0.6) is 5.75 Å². The quantitative estimate of drug-likeness (QED) is 0.454. The number of carbonyl (C=O) groups excluding carboxylic acids is 1. The van der Waals surface area contributed by atoms with Gasteiger partial charge in [0.05, 0.1) is 17.8 Å². The van der Waals surface area contributed by atoms with Gasteiger partial charge in [0.25, 0.3) is 0 Å². The fourth-order valence-corrected chi connectivity index (χ4v) is 2.22. The number of ether oxygens (including phenoxy) is 2. The third kappa shape index (κ3) is 6.30. The van der Waals surface area contributed by atoms with Crippen LogP contribution >= 0.6 is 11.8 Å². The lowest BCUT2D eigenvalue weighted by Crippen LogP contribution is -2.10. The Morgan fingerprint density at radius 3 is 2.50 bits per heavy atom. The van der Waals surface area contributed by atoms with E-state index in [2.05, 4.69) is 0 Å². The van der Waals surface area contributed by atoms with Crippen LogP contribution in [0.25, 0.3) is 0 Å². The summed E-state index contributed by atoms with van der Waals surface area (Å²) < 4.78 is 10.6. The summed E-state index contributed by atoms with van der Waals surface area (Å²) in [6.07, 6.45) is 0.471. The first kappa shape index (κ1) is 16.9. The Hall–Kier alpha value is -1.20. The molecule has 1 rings (SSSR count). The zero-order chi connectivity index (χ0) is 15.0. The Balaban J connectivity index is 2.36. The van der Waals surface area contributed by atoms with Crippen molar-refractivity contribution in [2.45, 2.75) is 39.4 Å². The van der Waals surface area contributed by atoms with Crippen molar-refractivity contribution in [2.75, 3.05) is 11.7 Å². The van der Waals surface area contributed by atoms with Gasteiger partial charge >= 0.3 is 5.97 Å². The number of aliphatic hydroxyl groups excluding tert-OH is 1. The Morgan fingerprint density at radius 1 is 1.30 bits per heavy atom. The summed E-state index contributed by atoms with van der Waals surface area (Å²) in [6.45, 7) is 5.81. The minimum absolute atomic E-state index is 0.106. The van der Waals surface area contributed by atoms with Crippen LogP contribution in [0.4, 0.5) is 0 Å². The van der Waals surface area contributed by atoms with E-state index in [9.17, 15) is 9.90 Å². The highest BCUT2D eigenvalue weighted by Crippen LogP contribution is 2.15. The second-order valence-electron chi connectivity index (χ2n) is 4.67. The first-order valence-corrected chi connectivity index (χ1v) is 7.88. The van der Waals surface area contributed by atoms with Gasteiger partial charge in [0.2, 0.25) is 0 Å². The smallest absolute Gasteiger partial charge is 0.338 e. The Bertz CT molecular complexity index is 403. The van der Waals surface area contributed by atoms with E-state index in [1.165, 1.54) is 11.8 Å². The van der Waals surface area contributed by atoms with E-state index in [4.69, 9.17) is 9.47 Å². The Labute approximate surface area is 124 Å². The molecule has 0 saturated carbocycles. The fourth-order valence-electron chi connectivity index (χ4n) is 1.42. The van der Waals surface area contributed by atoms with Crippen molar-refractivity contribution in [1.29, 1.82) is 0 Å². The van der Waals surface area contributed by atoms with E-state index >= 15 is 0 Å². The van der Waals surface area contributed by atoms with Gasteiger partial charge in [0.15, 0.2) is 0 Å². The molecule has 0 spiro atoms. The minimum Gasteiger partial charge on any atom is -0.491 e. The Kier molecular flexibility index (Phi) is 7.47. The van der Waals surface area contributed by atoms with Crippen molar-refractivity contribution in [2.24, 2.45) is 0 Å². The van der Waals surface area contributed by atoms with Crippen LogP contribution in [-0.4, -0.2) is 35.0 Å². The molecule has 20 heavy (non-hydrogen) atoms. The highest BCUT2D eigenvalue weighted by molar-refractivity contribution is 7.99. The van der Waals surface area contributed by atoms with Crippen LogP contribution in [0.1, 0.15) is 37.6 Å². The third-order valence-corrected chi connectivity index (χ3v) is 3.42. The summed E-state index contributed by atoms with van der Waals surface area (Å²) in [6, 6.07) is 6.88. The molecule has 1 atom stereocenters. The average Bonchev–Trinajstić information content (AvgIpc) is 2.43. The molecule has 1 aromatic rings. The van der Waals surface area contributed by atoms with Crippen molar-refractivity contribution in [3.63, 3.8) is 0 Å². The summed E-state index contributed by atoms with van der Waals surface area (Å²) in [5, 5.41) is 9.37. The van der Waals surface area contributed by atoms with Crippen molar-refractivity contribution in [3.05, 3.63) is 29.8 Å². The molecule has 112 valence electrons. The van der Waals surface area contributed by atoms with Crippen molar-refractivity contribution in [3.8, 4) is 5.75 Å². The van der Waals surface area contributed by atoms with Crippen LogP contribution in [0.15, 0.2) is 24.3 Å². The summed E-state index contributed by atoms with van der Waals surface area (Å²) in [5.74, 6) is 1.20. The topological polar surface area (TPSA) is 55.8 Å². The van der Waals surface area contributed by atoms with E-state index in [-0.39, 0.29) is 24.1 Å². The molecule has 4 nitrogen and oxygen atoms in total. The number of rotatable bonds is 8. The van der Waals surface area contributed by atoms with E-state index < -0.39 is 0 Å². The van der Waals surface area contributed by atoms with E-state index in [1.54, 1.807) is 24.3 Å². The predicted molar refractivity (Wildman–Crippen MR) is 81.2 cm³/mol. The SMILES string of the molecule is CCC(O)CSCOC(=O)c1ccc(OC(C)C)cc1. The predicted octanol–water partition coefficient (Wildman–Crippen LogP) is 3.09. The maximum atomic E-state index is 11.8. The molecule has 5 heteroatoms. The average molecular weight is 298 g/mol. The number of benzene rings is 1. The fraction of sp³-hybridized carbons (Fsp3) is 0.533. The number of esters is 1. The van der Waals surface area contributed by atoms with Crippen LogP contribution in [0.3, 0.4) is 0 Å². The van der Waals surface area contributed by atoms with Gasteiger partial charge < -0.3 is 14.6 Å². The van der Waals surface area contributed by atoms with E-state index in [1.807, 2.05) is 20.8 Å². The Morgan fingerprint density at radius 2 is 1.95 bits per heavy atom. The first-order chi connectivity index (χ1) is 9.52. The highest BCUT2D eigenvalue weighted by atomic mass is 32.2. The van der Waals surface area contributed by atoms with Crippen LogP contribution in [0.2, 0.25) is 0 Å². The van der Waals surface area contributed by atoms with Crippen molar-refractivity contribution in [1.82, 2.24) is 0 Å². The lowest BCUT2D eigenvalue weighted by molar-refractivity contribution is 0.0578. The monoisotopic (exact) mass is 298 g/mol. The second kappa shape index (κ2) is 8.87. The summed E-state index contributed by atoms with van der Waals surface area (Å²) in [5.41, 5.74) is 0.498. The molecule has 0 aliphatic heterocycles. The largest absolute Gasteiger partial charge is 0.491 e. The molecule has 1 aromatic carbocycles. The zero-order valence-corrected chi connectivity index (χ0v) is 13.0. The van der Waals surface area contributed by atoms with Gasteiger partial charge in [0, 0.05) is 5.75 Å². The van der Waals surface area contributed by atoms with Gasteiger partial charge in [-0.2, -0.15) is 0 Å². The molecule has 1 N–H and O–H groups in total. The molecule has 0 aliphatic carbocycles. The number of carbonyl (C=O) groups is 1. The lowest BCUT2D eigenvalue weighted by Gasteiger charge is -2.10. The highest BCUT2D eigenvalue weighted by Gasteiger charge is 2.08. The summed E-state index contributed by atoms with van der Waals surface area (Å²) in [7, 11) is 0. The maximum absolute atomic E-state index is 11.8. The first-order valence-electron chi connectivity index (χ1n) is 6.72. The molecule has 0 heterocycles. The summed E-state index contributed by atoms with van der Waals surface area (Å²) in [4.78, 5) is 11.8. The normalized spacial score (nSPS) is 12.2. The number of hydrogen-bond acceptors (Lipinski definition) is 5. The number of hydrogen-bond donors (Lipinski definition) is 1. The van der Waals surface area contributed by atoms with Gasteiger partial charge in [-0.1, -0.05) is 6.92 Å². The van der Waals surface area contributed by atoms with Gasteiger partial charge in [-0.15, -0.1) is 11.8 Å². The van der Waals surface area contributed by atoms with Gasteiger partial charge in [-0.3, -0.25) is 0 Å². The molecular weight excluding hydrogens is 276 g/mol. The van der Waals surface area contributed by atoms with E-state index in [0.717, 1.165) is 5.75 Å². The number of thioether (sulfide) groups is 1. The third-order valence-electron chi connectivity index (χ3n) is 2.52. The summed E-state index contributed by atoms with van der Waals surface area (Å²) >= 11 is 1.40. The molecule has 1 unspecified atom stereocenters. The van der Waals surface area contributed by atoms with Crippen molar-refractivity contribution >= 4 is 17.7 Å². The molecule has 0 aliphatic rings. The molecule has 0 aromatic heterocycles. The van der Waals surface area contributed by atoms with Gasteiger partial charge in [0.1, 0.15) is 11.7 Å². The molecule has 0 fully saturated rings. The minimum atomic E-state index is -0.361. The van der Waals surface area contributed by atoms with Crippen molar-refractivity contribution < 1.29 is 19.4 Å². The van der Waals surface area contributed by atoms with E-state index in [0.29, 0.717) is 17.7 Å². The molecule has 0 amide bonds. The molecule has 0 bridgehead atoms. The maximum Gasteiger partial charge on any atom is 0.338 e. The van der Waals surface area contributed by atoms with Crippen LogP contribution in [-0.2, 0) is 4.74 Å². The van der Waals surface area contributed by atoms with Crippen LogP contribution in [0, 0.1) is 0 Å². The standard InChI is InChI=1S/C15H22O4S/c1-4-13(16)9-20-10-18-15(17)12-5-7-14(8-6-12)19-11(2)3/h5-8,11,13,16H,4,9-10H2,1-3H3. The molecule has 0 radical (unpaired) electrons.